The number of hydrogen-bond acceptors (Lipinski definition) is 9. The van der Waals surface area contributed by atoms with Crippen molar-refractivity contribution in [3.63, 3.8) is 0 Å². The van der Waals surface area contributed by atoms with Crippen LogP contribution in [0.2, 0.25) is 0 Å². The minimum atomic E-state index is -4.69. The minimum absolute atomic E-state index is 0.123. The second-order valence-electron chi connectivity index (χ2n) is 9.74. The maximum atomic E-state index is 13.5. The van der Waals surface area contributed by atoms with Gasteiger partial charge in [-0.15, -0.1) is 0 Å². The van der Waals surface area contributed by atoms with Crippen LogP contribution in [0.15, 0.2) is 64.1 Å². The van der Waals surface area contributed by atoms with Crippen LogP contribution in [0.3, 0.4) is 0 Å². The zero-order chi connectivity index (χ0) is 30.9. The fourth-order valence-electron chi connectivity index (χ4n) is 4.31. The zero-order valence-electron chi connectivity index (χ0n) is 22.9. The van der Waals surface area contributed by atoms with Crippen molar-refractivity contribution in [2.75, 3.05) is 24.9 Å². The molecular formula is C26H27F3N6O7S. The Labute approximate surface area is 243 Å². The molecule has 2 aromatic heterocycles. The van der Waals surface area contributed by atoms with Crippen molar-refractivity contribution in [3.8, 4) is 16.9 Å². The van der Waals surface area contributed by atoms with Gasteiger partial charge in [-0.05, 0) is 43.7 Å². The average molecular weight is 625 g/mol. The molecule has 0 bridgehead atoms. The molecule has 0 aliphatic carbocycles. The number of nitrogens with zero attached hydrogens (tertiary/aromatic N) is 5. The van der Waals surface area contributed by atoms with Crippen molar-refractivity contribution >= 4 is 21.9 Å². The predicted octanol–water partition coefficient (Wildman–Crippen LogP) is 2.86. The highest BCUT2D eigenvalue weighted by Gasteiger charge is 2.36. The molecule has 0 spiro atoms. The lowest BCUT2D eigenvalue weighted by Crippen LogP contribution is -2.38. The molecule has 13 nitrogen and oxygen atoms in total. The van der Waals surface area contributed by atoms with Crippen LogP contribution >= 0.6 is 0 Å². The van der Waals surface area contributed by atoms with Gasteiger partial charge in [-0.2, -0.15) is 22.9 Å². The molecule has 230 valence electrons. The fourth-order valence-corrected chi connectivity index (χ4v) is 5.36. The molecule has 5 rings (SSSR count). The van der Waals surface area contributed by atoms with E-state index in [1.807, 2.05) is 6.92 Å². The molecule has 17 heteroatoms. The summed E-state index contributed by atoms with van der Waals surface area (Å²) in [6, 6.07) is 12.8. The molecule has 3 heterocycles. The van der Waals surface area contributed by atoms with E-state index in [2.05, 4.69) is 9.82 Å². The summed E-state index contributed by atoms with van der Waals surface area (Å²) in [6.45, 7) is 3.59. The van der Waals surface area contributed by atoms with Crippen LogP contribution in [0.25, 0.3) is 16.9 Å². The topological polar surface area (TPSA) is 143 Å². The number of ether oxygens (including phenoxy) is 1. The number of nitrogens with one attached hydrogen (secondary N) is 1. The number of benzene rings is 2. The van der Waals surface area contributed by atoms with Crippen molar-refractivity contribution in [1.82, 2.24) is 24.5 Å². The summed E-state index contributed by atoms with van der Waals surface area (Å²) in [6.07, 6.45) is -4.18. The van der Waals surface area contributed by atoms with Gasteiger partial charge in [-0.25, -0.2) is 17.8 Å². The molecule has 2 aromatic carbocycles. The number of hydrogen-bond donors (Lipinski definition) is 1. The molecular weight excluding hydrogens is 597 g/mol. The molecule has 0 radical (unpaired) electrons. The highest BCUT2D eigenvalue weighted by molar-refractivity contribution is 7.90. The van der Waals surface area contributed by atoms with Crippen LogP contribution in [-0.4, -0.2) is 59.9 Å². The van der Waals surface area contributed by atoms with Crippen LogP contribution in [0.1, 0.15) is 31.0 Å². The lowest BCUT2D eigenvalue weighted by Gasteiger charge is -2.13. The number of carbonyl (C=O) groups is 2. The van der Waals surface area contributed by atoms with Crippen molar-refractivity contribution in [1.29, 1.82) is 0 Å². The van der Waals surface area contributed by atoms with Gasteiger partial charge in [-0.3, -0.25) is 14.6 Å². The average Bonchev–Trinajstić information content (AvgIpc) is 3.34. The smallest absolute Gasteiger partial charge is 0.426 e. The van der Waals surface area contributed by atoms with E-state index in [0.29, 0.717) is 18.5 Å². The quantitative estimate of drug-likeness (QED) is 0.208. The maximum Gasteiger partial charge on any atom is 0.435 e. The van der Waals surface area contributed by atoms with Gasteiger partial charge in [0.2, 0.25) is 5.91 Å². The van der Waals surface area contributed by atoms with Crippen LogP contribution in [0.5, 0.6) is 0 Å². The van der Waals surface area contributed by atoms with E-state index in [-0.39, 0.29) is 36.0 Å². The number of alkyl halides is 3. The lowest BCUT2D eigenvalue weighted by molar-refractivity contribution is -0.159. The van der Waals surface area contributed by atoms with E-state index < -0.39 is 39.7 Å². The number of carbonyl (C=O) groups excluding carboxylic acids is 2. The molecule has 43 heavy (non-hydrogen) atoms. The number of rotatable bonds is 10. The number of aromatic nitrogens is 4. The third kappa shape index (κ3) is 6.71. The number of halogens is 3. The summed E-state index contributed by atoms with van der Waals surface area (Å²) >= 11 is 0. The Morgan fingerprint density at radius 1 is 1.12 bits per heavy atom. The van der Waals surface area contributed by atoms with E-state index in [4.69, 9.17) is 14.2 Å². The molecule has 1 atom stereocenters. The monoisotopic (exact) mass is 624 g/mol. The van der Waals surface area contributed by atoms with Crippen molar-refractivity contribution in [2.45, 2.75) is 37.8 Å². The summed E-state index contributed by atoms with van der Waals surface area (Å²) in [7, 11) is -4.29. The number of esters is 1. The van der Waals surface area contributed by atoms with E-state index in [1.165, 1.54) is 29.2 Å². The molecule has 1 fully saturated rings. The van der Waals surface area contributed by atoms with Gasteiger partial charge in [0.1, 0.15) is 5.02 Å². The second kappa shape index (κ2) is 11.5. The van der Waals surface area contributed by atoms with Crippen molar-refractivity contribution < 1.29 is 45.4 Å². The third-order valence-corrected chi connectivity index (χ3v) is 8.05. The molecule has 1 N–H and O–H groups in total. The first kappa shape index (κ1) is 29.8. The molecule has 1 unspecified atom stereocenters. The first-order valence-corrected chi connectivity index (χ1v) is 14.6. The lowest BCUT2D eigenvalue weighted by atomic mass is 10.1. The second-order valence-corrected chi connectivity index (χ2v) is 11.4. The van der Waals surface area contributed by atoms with Crippen molar-refractivity contribution in [3.05, 3.63) is 65.9 Å². The Morgan fingerprint density at radius 3 is 2.47 bits per heavy atom. The Hall–Kier alpha value is -4.67. The highest BCUT2D eigenvalue weighted by atomic mass is 32.2. The summed E-state index contributed by atoms with van der Waals surface area (Å²) in [4.78, 5) is 30.0. The van der Waals surface area contributed by atoms with E-state index >= 15 is 0 Å². The highest BCUT2D eigenvalue weighted by Crippen LogP contribution is 2.33. The van der Waals surface area contributed by atoms with Crippen LogP contribution < -0.4 is 14.6 Å². The van der Waals surface area contributed by atoms with E-state index in [9.17, 15) is 31.2 Å². The molecule has 4 aromatic rings. The molecule has 1 aliphatic heterocycles. The van der Waals surface area contributed by atoms with Gasteiger partial charge in [0.15, 0.2) is 5.69 Å². The molecule has 1 aliphatic rings. The number of sulfonamides is 1. The maximum absolute atomic E-state index is 13.5. The summed E-state index contributed by atoms with van der Waals surface area (Å²) < 4.78 is 79.4. The Bertz CT molecular complexity index is 1700. The van der Waals surface area contributed by atoms with Gasteiger partial charge in [0, 0.05) is 23.5 Å². The Kier molecular flexibility index (Phi) is 8.00. The van der Waals surface area contributed by atoms with Gasteiger partial charge in [-0.1, -0.05) is 36.8 Å². The normalized spacial score (nSPS) is 15.6. The van der Waals surface area contributed by atoms with Crippen LogP contribution in [0.4, 0.5) is 13.2 Å². The number of aryl methyl sites for hydroxylation is 1. The number of amides is 1. The minimum Gasteiger partial charge on any atom is -0.426 e. The Morgan fingerprint density at radius 2 is 1.81 bits per heavy atom. The SMILES string of the molecule is CCC(=O)OCOn1on1N1CCC(C(=O)NS(=O)(=O)c2ccc(-n3nc(C(F)(F)F)cc3-c3ccc(C)cc3)cc2)C1. The third-order valence-electron chi connectivity index (χ3n) is 6.68. The predicted molar refractivity (Wildman–Crippen MR) is 143 cm³/mol. The first-order chi connectivity index (χ1) is 20.4. The fraction of sp³-hybridized carbons (Fsp3) is 0.346. The van der Waals surface area contributed by atoms with Crippen LogP contribution in [-0.2, 0) is 30.5 Å². The largest absolute Gasteiger partial charge is 0.435 e. The van der Waals surface area contributed by atoms with Gasteiger partial charge < -0.3 is 9.57 Å². The molecule has 1 amide bonds. The standard InChI is InChI=1S/C26H27F3N6O7S/c1-3-24(36)40-16-41-35-34(42-35)32-13-12-19(15-32)25(37)31-43(38,39)21-10-8-20(9-11-21)33-22(14-23(30-33)26(27,28)29)18-6-4-17(2)5-7-18/h4-11,14,19H,3,12-13,15-16H2,1-2H3,(H,31,37). The van der Waals surface area contributed by atoms with Gasteiger partial charge in [0.25, 0.3) is 16.8 Å². The first-order valence-electron chi connectivity index (χ1n) is 13.1. The summed E-state index contributed by atoms with van der Waals surface area (Å²) in [5.41, 5.74) is 0.681. The molecule has 1 saturated heterocycles. The summed E-state index contributed by atoms with van der Waals surface area (Å²) in [5.74, 6) is -1.88. The van der Waals surface area contributed by atoms with Gasteiger partial charge in [0.05, 0.1) is 28.7 Å². The van der Waals surface area contributed by atoms with Gasteiger partial charge >= 0.3 is 12.1 Å². The Balaban J connectivity index is 1.25. The van der Waals surface area contributed by atoms with E-state index in [0.717, 1.165) is 21.3 Å². The van der Waals surface area contributed by atoms with Crippen molar-refractivity contribution in [2.24, 2.45) is 5.92 Å². The zero-order valence-corrected chi connectivity index (χ0v) is 23.8. The van der Waals surface area contributed by atoms with E-state index in [1.54, 1.807) is 36.2 Å². The van der Waals surface area contributed by atoms with Crippen LogP contribution in [0, 0.1) is 12.8 Å². The summed E-state index contributed by atoms with van der Waals surface area (Å²) in [5, 5.41) is 6.27. The molecule has 0 saturated carbocycles.